The van der Waals surface area contributed by atoms with Crippen molar-refractivity contribution < 1.29 is 14.3 Å². The number of amides is 2. The van der Waals surface area contributed by atoms with Gasteiger partial charge >= 0.3 is 0 Å². The molecule has 1 aliphatic carbocycles. The summed E-state index contributed by atoms with van der Waals surface area (Å²) in [7, 11) is 0. The molecule has 0 spiro atoms. The zero-order chi connectivity index (χ0) is 22.5. The highest BCUT2D eigenvalue weighted by atomic mass is 79.9. The van der Waals surface area contributed by atoms with Crippen LogP contribution in [0, 0.1) is 12.8 Å². The molecule has 0 atom stereocenters. The summed E-state index contributed by atoms with van der Waals surface area (Å²) in [4.78, 5) is 25.3. The molecule has 0 unspecified atom stereocenters. The topological polar surface area (TPSA) is 67.4 Å². The SMILES string of the molecule is Cc1c(NC(=O)c2cc(Br)ccc2OCCc2ccccc2)cccc1NC(=O)C1CC1. The summed E-state index contributed by atoms with van der Waals surface area (Å²) in [6.45, 7) is 2.35. The summed E-state index contributed by atoms with van der Waals surface area (Å²) < 4.78 is 6.75. The highest BCUT2D eigenvalue weighted by Crippen LogP contribution is 2.32. The smallest absolute Gasteiger partial charge is 0.259 e. The number of carbonyl (C=O) groups excluding carboxylic acids is 2. The van der Waals surface area contributed by atoms with Crippen LogP contribution >= 0.6 is 15.9 Å². The Kier molecular flexibility index (Phi) is 6.90. The average molecular weight is 493 g/mol. The summed E-state index contributed by atoms with van der Waals surface area (Å²) >= 11 is 3.44. The van der Waals surface area contributed by atoms with Crippen LogP contribution in [0.25, 0.3) is 0 Å². The van der Waals surface area contributed by atoms with Crippen molar-refractivity contribution in [2.75, 3.05) is 17.2 Å². The molecule has 4 rings (SSSR count). The highest BCUT2D eigenvalue weighted by Gasteiger charge is 2.30. The Morgan fingerprint density at radius 3 is 2.41 bits per heavy atom. The molecule has 0 saturated heterocycles. The molecule has 5 nitrogen and oxygen atoms in total. The Balaban J connectivity index is 1.47. The molecular weight excluding hydrogens is 468 g/mol. The molecule has 0 radical (unpaired) electrons. The van der Waals surface area contributed by atoms with E-state index in [1.54, 1.807) is 12.1 Å². The van der Waals surface area contributed by atoms with E-state index in [0.717, 1.165) is 29.3 Å². The predicted molar refractivity (Wildman–Crippen MR) is 130 cm³/mol. The van der Waals surface area contributed by atoms with Gasteiger partial charge in [0.1, 0.15) is 5.75 Å². The predicted octanol–water partition coefficient (Wildman–Crippen LogP) is 5.98. The minimum atomic E-state index is -0.269. The van der Waals surface area contributed by atoms with Gasteiger partial charge in [-0.1, -0.05) is 52.3 Å². The fourth-order valence-corrected chi connectivity index (χ4v) is 3.77. The minimum absolute atomic E-state index is 0.0395. The van der Waals surface area contributed by atoms with E-state index in [0.29, 0.717) is 29.3 Å². The van der Waals surface area contributed by atoms with Crippen molar-refractivity contribution in [3.63, 3.8) is 0 Å². The molecule has 3 aromatic rings. The summed E-state index contributed by atoms with van der Waals surface area (Å²) in [5, 5.41) is 5.94. The molecule has 0 bridgehead atoms. The van der Waals surface area contributed by atoms with Crippen LogP contribution in [0.2, 0.25) is 0 Å². The molecule has 2 N–H and O–H groups in total. The molecule has 1 fully saturated rings. The van der Waals surface area contributed by atoms with E-state index in [1.807, 2.05) is 49.4 Å². The van der Waals surface area contributed by atoms with Gasteiger partial charge in [0.2, 0.25) is 5.91 Å². The lowest BCUT2D eigenvalue weighted by molar-refractivity contribution is -0.117. The fraction of sp³-hybridized carbons (Fsp3) is 0.231. The Morgan fingerprint density at radius 1 is 0.969 bits per heavy atom. The number of benzene rings is 3. The monoisotopic (exact) mass is 492 g/mol. The molecule has 3 aromatic carbocycles. The van der Waals surface area contributed by atoms with Crippen molar-refractivity contribution in [2.45, 2.75) is 26.2 Å². The third kappa shape index (κ3) is 5.56. The molecule has 2 amide bonds. The van der Waals surface area contributed by atoms with Crippen molar-refractivity contribution in [1.29, 1.82) is 0 Å². The van der Waals surface area contributed by atoms with E-state index in [4.69, 9.17) is 4.74 Å². The van der Waals surface area contributed by atoms with Crippen molar-refractivity contribution in [2.24, 2.45) is 5.92 Å². The van der Waals surface area contributed by atoms with Gasteiger partial charge in [-0.05, 0) is 61.2 Å². The van der Waals surface area contributed by atoms with E-state index in [9.17, 15) is 9.59 Å². The number of hydrogen-bond donors (Lipinski definition) is 2. The van der Waals surface area contributed by atoms with Crippen LogP contribution in [0.4, 0.5) is 11.4 Å². The van der Waals surface area contributed by atoms with Crippen LogP contribution in [0.5, 0.6) is 5.75 Å². The van der Waals surface area contributed by atoms with Gasteiger partial charge in [0.15, 0.2) is 0 Å². The first-order valence-electron chi connectivity index (χ1n) is 10.7. The molecule has 1 aliphatic rings. The van der Waals surface area contributed by atoms with Gasteiger partial charge in [0, 0.05) is 28.2 Å². The largest absolute Gasteiger partial charge is 0.492 e. The average Bonchev–Trinajstić information content (AvgIpc) is 3.64. The van der Waals surface area contributed by atoms with Crippen LogP contribution in [0.3, 0.4) is 0 Å². The molecule has 0 aliphatic heterocycles. The second-order valence-corrected chi connectivity index (χ2v) is 8.84. The number of anilines is 2. The zero-order valence-electron chi connectivity index (χ0n) is 17.9. The van der Waals surface area contributed by atoms with Crippen LogP contribution in [0.15, 0.2) is 71.2 Å². The maximum Gasteiger partial charge on any atom is 0.259 e. The van der Waals surface area contributed by atoms with E-state index >= 15 is 0 Å². The summed E-state index contributed by atoms with van der Waals surface area (Å²) in [6, 6.07) is 21.0. The van der Waals surface area contributed by atoms with Gasteiger partial charge in [-0.3, -0.25) is 9.59 Å². The van der Waals surface area contributed by atoms with Crippen LogP contribution in [-0.4, -0.2) is 18.4 Å². The number of rotatable bonds is 8. The summed E-state index contributed by atoms with van der Waals surface area (Å²) in [5.41, 5.74) is 3.80. The van der Waals surface area contributed by atoms with Gasteiger partial charge in [-0.25, -0.2) is 0 Å². The van der Waals surface area contributed by atoms with Crippen LogP contribution < -0.4 is 15.4 Å². The molecule has 0 aromatic heterocycles. The highest BCUT2D eigenvalue weighted by molar-refractivity contribution is 9.10. The van der Waals surface area contributed by atoms with Gasteiger partial charge in [0.25, 0.3) is 5.91 Å². The van der Waals surface area contributed by atoms with E-state index < -0.39 is 0 Å². The van der Waals surface area contributed by atoms with E-state index in [2.05, 4.69) is 38.7 Å². The van der Waals surface area contributed by atoms with Crippen molar-refractivity contribution in [3.8, 4) is 5.75 Å². The fourth-order valence-electron chi connectivity index (χ4n) is 3.41. The lowest BCUT2D eigenvalue weighted by Crippen LogP contribution is -2.17. The number of ether oxygens (including phenoxy) is 1. The maximum absolute atomic E-state index is 13.1. The number of halogens is 1. The van der Waals surface area contributed by atoms with E-state index in [-0.39, 0.29) is 17.7 Å². The first-order valence-corrected chi connectivity index (χ1v) is 11.5. The molecular formula is C26H25BrN2O3. The molecule has 1 saturated carbocycles. The van der Waals surface area contributed by atoms with Crippen molar-refractivity contribution in [1.82, 2.24) is 0 Å². The number of nitrogens with one attached hydrogen (secondary N) is 2. The summed E-state index contributed by atoms with van der Waals surface area (Å²) in [6.07, 6.45) is 2.63. The molecule has 0 heterocycles. The zero-order valence-corrected chi connectivity index (χ0v) is 19.4. The lowest BCUT2D eigenvalue weighted by Gasteiger charge is -2.15. The summed E-state index contributed by atoms with van der Waals surface area (Å²) in [5.74, 6) is 0.412. The molecule has 6 heteroatoms. The number of carbonyl (C=O) groups is 2. The second-order valence-electron chi connectivity index (χ2n) is 7.92. The van der Waals surface area contributed by atoms with Crippen molar-refractivity contribution in [3.05, 3.63) is 87.9 Å². The maximum atomic E-state index is 13.1. The van der Waals surface area contributed by atoms with Gasteiger partial charge in [-0.15, -0.1) is 0 Å². The van der Waals surface area contributed by atoms with Gasteiger partial charge < -0.3 is 15.4 Å². The minimum Gasteiger partial charge on any atom is -0.492 e. The number of hydrogen-bond acceptors (Lipinski definition) is 3. The van der Waals surface area contributed by atoms with Crippen molar-refractivity contribution >= 4 is 39.1 Å². The third-order valence-corrected chi connectivity index (χ3v) is 5.96. The molecule has 164 valence electrons. The van der Waals surface area contributed by atoms with Gasteiger partial charge in [0.05, 0.1) is 12.2 Å². The Hall–Kier alpha value is -3.12. The van der Waals surface area contributed by atoms with Crippen LogP contribution in [0.1, 0.15) is 34.3 Å². The molecule has 32 heavy (non-hydrogen) atoms. The Morgan fingerprint density at radius 2 is 1.69 bits per heavy atom. The standard InChI is InChI=1S/C26H25BrN2O3/c1-17-22(28-25(30)19-10-11-19)8-5-9-23(17)29-26(31)21-16-20(27)12-13-24(21)32-15-14-18-6-3-2-4-7-18/h2-9,12-13,16,19H,10-11,14-15H2,1H3,(H,28,30)(H,29,31). The second kappa shape index (κ2) is 10.0. The Bertz CT molecular complexity index is 1130. The normalized spacial score (nSPS) is 12.8. The van der Waals surface area contributed by atoms with E-state index in [1.165, 1.54) is 5.56 Å². The van der Waals surface area contributed by atoms with Gasteiger partial charge in [-0.2, -0.15) is 0 Å². The quantitative estimate of drug-likeness (QED) is 0.406. The Labute approximate surface area is 196 Å². The van der Waals surface area contributed by atoms with Crippen LogP contribution in [-0.2, 0) is 11.2 Å². The third-order valence-electron chi connectivity index (χ3n) is 5.47. The first-order chi connectivity index (χ1) is 15.5. The first kappa shape index (κ1) is 22.1. The lowest BCUT2D eigenvalue weighted by atomic mass is 10.1.